The van der Waals surface area contributed by atoms with Crippen LogP contribution in [0.3, 0.4) is 0 Å². The van der Waals surface area contributed by atoms with Crippen LogP contribution >= 0.6 is 0 Å². The smallest absolute Gasteiger partial charge is 0.410 e. The van der Waals surface area contributed by atoms with E-state index in [4.69, 9.17) is 4.74 Å². The summed E-state index contributed by atoms with van der Waals surface area (Å²) in [5.41, 5.74) is 2.63. The average molecular weight is 465 g/mol. The number of hydrogen-bond acceptors (Lipinski definition) is 5. The lowest BCUT2D eigenvalue weighted by Crippen LogP contribution is -2.50. The predicted octanol–water partition coefficient (Wildman–Crippen LogP) is 4.89. The lowest BCUT2D eigenvalue weighted by Gasteiger charge is -2.33. The van der Waals surface area contributed by atoms with Crippen molar-refractivity contribution >= 4 is 23.8 Å². The van der Waals surface area contributed by atoms with E-state index in [9.17, 15) is 19.7 Å². The van der Waals surface area contributed by atoms with Crippen molar-refractivity contribution in [3.8, 4) is 11.1 Å². The third kappa shape index (κ3) is 5.81. The van der Waals surface area contributed by atoms with Crippen molar-refractivity contribution < 1.29 is 19.2 Å². The molecule has 179 valence electrons. The molecule has 1 heterocycles. The molecule has 2 aromatic carbocycles. The fourth-order valence-corrected chi connectivity index (χ4v) is 3.95. The van der Waals surface area contributed by atoms with Gasteiger partial charge in [-0.15, -0.1) is 0 Å². The second-order valence-corrected chi connectivity index (χ2v) is 8.73. The fourth-order valence-electron chi connectivity index (χ4n) is 3.95. The zero-order chi connectivity index (χ0) is 24.8. The number of carbonyl (C=O) groups excluding carboxylic acids is 2. The Hall–Kier alpha value is -3.68. The Bertz CT molecular complexity index is 1090. The summed E-state index contributed by atoms with van der Waals surface area (Å²) < 4.78 is 5.21. The van der Waals surface area contributed by atoms with Gasteiger partial charge in [0.05, 0.1) is 22.7 Å². The van der Waals surface area contributed by atoms with Crippen molar-refractivity contribution in [3.63, 3.8) is 0 Å². The van der Waals surface area contributed by atoms with Gasteiger partial charge in [0.2, 0.25) is 5.91 Å². The highest BCUT2D eigenvalue weighted by Crippen LogP contribution is 2.38. The van der Waals surface area contributed by atoms with Crippen LogP contribution in [0.4, 0.5) is 10.5 Å². The van der Waals surface area contributed by atoms with Gasteiger partial charge in [0, 0.05) is 32.3 Å². The lowest BCUT2D eigenvalue weighted by atomic mass is 9.89. The Labute approximate surface area is 200 Å². The Morgan fingerprint density at radius 3 is 2.32 bits per heavy atom. The van der Waals surface area contributed by atoms with Gasteiger partial charge < -0.3 is 14.5 Å². The van der Waals surface area contributed by atoms with Crippen molar-refractivity contribution in [2.75, 3.05) is 26.2 Å². The minimum atomic E-state index is -0.443. The largest absolute Gasteiger partial charge is 0.447 e. The summed E-state index contributed by atoms with van der Waals surface area (Å²) in [7, 11) is 0. The molecule has 0 unspecified atom stereocenters. The van der Waals surface area contributed by atoms with Crippen molar-refractivity contribution in [2.24, 2.45) is 0 Å². The molecule has 1 fully saturated rings. The van der Waals surface area contributed by atoms with Crippen LogP contribution in [0.25, 0.3) is 17.2 Å². The Morgan fingerprint density at radius 2 is 1.71 bits per heavy atom. The van der Waals surface area contributed by atoms with Crippen LogP contribution in [0.5, 0.6) is 0 Å². The number of amides is 2. The monoisotopic (exact) mass is 464 g/mol. The summed E-state index contributed by atoms with van der Waals surface area (Å²) >= 11 is 0. The molecule has 1 saturated heterocycles. The molecule has 0 aliphatic carbocycles. The average Bonchev–Trinajstić information content (AvgIpc) is 2.81. The van der Waals surface area contributed by atoms with Gasteiger partial charge in [-0.2, -0.15) is 0 Å². The normalized spacial score (nSPS) is 14.2. The number of piperazine rings is 1. The number of benzene rings is 2. The summed E-state index contributed by atoms with van der Waals surface area (Å²) in [4.78, 5) is 39.5. The molecule has 2 aromatic rings. The molecule has 0 N–H and O–H groups in total. The minimum Gasteiger partial charge on any atom is -0.447 e. The molecule has 0 atom stereocenters. The SMILES string of the molecule is CC(C)OC(=O)N1CCN(C(=O)/C=C/c2cc[c]c([N+](=O)[O-])c2-c2ccccc2C(C)C)CC1. The highest BCUT2D eigenvalue weighted by atomic mass is 16.6. The van der Waals surface area contributed by atoms with Gasteiger partial charge in [-0.1, -0.05) is 44.2 Å². The maximum absolute atomic E-state index is 12.8. The third-order valence-corrected chi connectivity index (χ3v) is 5.63. The van der Waals surface area contributed by atoms with Gasteiger partial charge in [0.15, 0.2) is 0 Å². The van der Waals surface area contributed by atoms with Gasteiger partial charge in [-0.3, -0.25) is 14.9 Å². The molecule has 0 bridgehead atoms. The quantitative estimate of drug-likeness (QED) is 0.345. The van der Waals surface area contributed by atoms with E-state index < -0.39 is 4.92 Å². The second kappa shape index (κ2) is 11.0. The molecular formula is C26H30N3O5. The standard InChI is InChI=1S/C26H30N3O5/c1-18(2)21-9-5-6-10-22(21)25-20(8-7-11-23(25)29(32)33)12-13-24(30)27-14-16-28(17-15-27)26(31)34-19(3)4/h5-10,12-13,18-19H,14-17H2,1-4H3/b13-12+. The molecule has 1 aliphatic rings. The van der Waals surface area contributed by atoms with Crippen molar-refractivity contribution in [3.05, 3.63) is 69.8 Å². The zero-order valence-electron chi connectivity index (χ0n) is 20.0. The first-order chi connectivity index (χ1) is 16.2. The first-order valence-electron chi connectivity index (χ1n) is 11.4. The molecular weight excluding hydrogens is 434 g/mol. The van der Waals surface area contributed by atoms with E-state index in [0.29, 0.717) is 37.3 Å². The van der Waals surface area contributed by atoms with Crippen LogP contribution in [0, 0.1) is 16.2 Å². The summed E-state index contributed by atoms with van der Waals surface area (Å²) in [6.45, 7) is 9.22. The molecule has 0 saturated carbocycles. The first-order valence-corrected chi connectivity index (χ1v) is 11.4. The third-order valence-electron chi connectivity index (χ3n) is 5.63. The van der Waals surface area contributed by atoms with Gasteiger partial charge in [0.25, 0.3) is 5.69 Å². The van der Waals surface area contributed by atoms with E-state index in [1.165, 1.54) is 12.1 Å². The van der Waals surface area contributed by atoms with Gasteiger partial charge >= 0.3 is 6.09 Å². The summed E-state index contributed by atoms with van der Waals surface area (Å²) in [5.74, 6) is -0.0522. The van der Waals surface area contributed by atoms with Crippen molar-refractivity contribution in [1.29, 1.82) is 0 Å². The summed E-state index contributed by atoms with van der Waals surface area (Å²) in [6.07, 6.45) is 2.48. The Kier molecular flexibility index (Phi) is 8.04. The lowest BCUT2D eigenvalue weighted by molar-refractivity contribution is -0.384. The molecule has 3 rings (SSSR count). The van der Waals surface area contributed by atoms with E-state index in [0.717, 1.165) is 11.1 Å². The number of carbonyl (C=O) groups is 2. The van der Waals surface area contributed by atoms with Crippen LogP contribution in [0.15, 0.2) is 42.5 Å². The molecule has 0 spiro atoms. The van der Waals surface area contributed by atoms with E-state index in [1.54, 1.807) is 35.8 Å². The Morgan fingerprint density at radius 1 is 1.06 bits per heavy atom. The second-order valence-electron chi connectivity index (χ2n) is 8.73. The zero-order valence-corrected chi connectivity index (χ0v) is 20.0. The van der Waals surface area contributed by atoms with Crippen molar-refractivity contribution in [2.45, 2.75) is 39.7 Å². The van der Waals surface area contributed by atoms with Crippen LogP contribution in [-0.2, 0) is 9.53 Å². The van der Waals surface area contributed by atoms with E-state index >= 15 is 0 Å². The first kappa shape index (κ1) is 25.0. The number of ether oxygens (including phenoxy) is 1. The molecule has 1 aliphatic heterocycles. The number of nitro benzene ring substituents is 1. The van der Waals surface area contributed by atoms with Crippen molar-refractivity contribution in [1.82, 2.24) is 9.80 Å². The Balaban J connectivity index is 1.83. The number of nitrogens with zero attached hydrogens (tertiary/aromatic N) is 3. The van der Waals surface area contributed by atoms with E-state index in [1.807, 2.05) is 38.1 Å². The van der Waals surface area contributed by atoms with Crippen LogP contribution in [0.2, 0.25) is 0 Å². The maximum Gasteiger partial charge on any atom is 0.410 e. The van der Waals surface area contributed by atoms with Gasteiger partial charge in [0.1, 0.15) is 0 Å². The summed E-state index contributed by atoms with van der Waals surface area (Å²) in [6, 6.07) is 13.5. The molecule has 0 aromatic heterocycles. The van der Waals surface area contributed by atoms with E-state index in [2.05, 4.69) is 6.07 Å². The van der Waals surface area contributed by atoms with Gasteiger partial charge in [-0.05, 0) is 48.6 Å². The fraction of sp³-hybridized carbons (Fsp3) is 0.385. The summed E-state index contributed by atoms with van der Waals surface area (Å²) in [5, 5.41) is 11.8. The highest BCUT2D eigenvalue weighted by Gasteiger charge is 2.25. The van der Waals surface area contributed by atoms with Crippen LogP contribution < -0.4 is 0 Å². The molecule has 34 heavy (non-hydrogen) atoms. The molecule has 8 nitrogen and oxygen atoms in total. The maximum atomic E-state index is 12.8. The topological polar surface area (TPSA) is 93.0 Å². The van der Waals surface area contributed by atoms with E-state index in [-0.39, 0.29) is 29.7 Å². The molecule has 8 heteroatoms. The van der Waals surface area contributed by atoms with Crippen LogP contribution in [0.1, 0.15) is 44.7 Å². The number of hydrogen-bond donors (Lipinski definition) is 0. The van der Waals surface area contributed by atoms with Gasteiger partial charge in [-0.25, -0.2) is 4.79 Å². The minimum absolute atomic E-state index is 0.125. The number of rotatable bonds is 6. The molecule has 1 radical (unpaired) electrons. The predicted molar refractivity (Wildman–Crippen MR) is 130 cm³/mol. The number of nitro groups is 1. The van der Waals surface area contributed by atoms with Crippen LogP contribution in [-0.4, -0.2) is 59.0 Å². The highest BCUT2D eigenvalue weighted by molar-refractivity contribution is 5.94. The molecule has 2 amide bonds.